The first kappa shape index (κ1) is 12.0. The predicted molar refractivity (Wildman–Crippen MR) is 59.0 cm³/mol. The third kappa shape index (κ3) is 2.67. The van der Waals surface area contributed by atoms with Crippen LogP contribution in [0.15, 0.2) is 4.52 Å². The van der Waals surface area contributed by atoms with Crippen molar-refractivity contribution in [2.75, 3.05) is 0 Å². The standard InChI is InChI=1S/C12H19NO2/c1-7(2)6-10-9(5)15-13-11(10)12(14)8(3)4/h7-8H,6H2,1-5H3. The summed E-state index contributed by atoms with van der Waals surface area (Å²) in [6, 6.07) is 0. The molecule has 15 heavy (non-hydrogen) atoms. The van der Waals surface area contributed by atoms with Gasteiger partial charge in [-0.2, -0.15) is 0 Å². The van der Waals surface area contributed by atoms with Gasteiger partial charge in [0.2, 0.25) is 0 Å². The average Bonchev–Trinajstić information content (AvgIpc) is 2.46. The molecule has 0 saturated heterocycles. The van der Waals surface area contributed by atoms with E-state index in [1.807, 2.05) is 20.8 Å². The minimum atomic E-state index is -0.0274. The van der Waals surface area contributed by atoms with Crippen LogP contribution in [0.3, 0.4) is 0 Å². The van der Waals surface area contributed by atoms with Crippen molar-refractivity contribution >= 4 is 5.78 Å². The second-order valence-electron chi connectivity index (χ2n) is 4.68. The minimum absolute atomic E-state index is 0.0274. The molecule has 0 spiro atoms. The molecule has 3 heteroatoms. The zero-order chi connectivity index (χ0) is 11.6. The lowest BCUT2D eigenvalue weighted by Gasteiger charge is -2.06. The summed E-state index contributed by atoms with van der Waals surface area (Å²) in [6.07, 6.45) is 0.850. The Hall–Kier alpha value is -1.12. The Balaban J connectivity index is 3.03. The molecule has 1 heterocycles. The Morgan fingerprint density at radius 2 is 1.93 bits per heavy atom. The van der Waals surface area contributed by atoms with Gasteiger partial charge in [0, 0.05) is 11.5 Å². The maximum Gasteiger partial charge on any atom is 0.187 e. The van der Waals surface area contributed by atoms with E-state index < -0.39 is 0 Å². The number of Topliss-reactive ketones (excluding diaryl/α,β-unsaturated/α-hetero) is 1. The van der Waals surface area contributed by atoms with Crippen molar-refractivity contribution in [2.24, 2.45) is 11.8 Å². The molecule has 3 nitrogen and oxygen atoms in total. The lowest BCUT2D eigenvalue weighted by Crippen LogP contribution is -2.11. The molecule has 0 aliphatic heterocycles. The topological polar surface area (TPSA) is 43.1 Å². The van der Waals surface area contributed by atoms with Gasteiger partial charge in [0.25, 0.3) is 0 Å². The fourth-order valence-electron chi connectivity index (χ4n) is 1.51. The molecule has 0 unspecified atom stereocenters. The van der Waals surface area contributed by atoms with Crippen LogP contribution in [0, 0.1) is 18.8 Å². The molecule has 0 fully saturated rings. The van der Waals surface area contributed by atoms with E-state index in [4.69, 9.17) is 4.52 Å². The molecule has 0 N–H and O–H groups in total. The Morgan fingerprint density at radius 1 is 1.33 bits per heavy atom. The monoisotopic (exact) mass is 209 g/mol. The lowest BCUT2D eigenvalue weighted by atomic mass is 9.96. The number of nitrogens with zero attached hydrogens (tertiary/aromatic N) is 1. The number of aromatic nitrogens is 1. The molecule has 1 rings (SSSR count). The van der Waals surface area contributed by atoms with Gasteiger partial charge >= 0.3 is 0 Å². The van der Waals surface area contributed by atoms with Crippen LogP contribution in [-0.2, 0) is 6.42 Å². The molecule has 0 amide bonds. The third-order valence-electron chi connectivity index (χ3n) is 2.35. The average molecular weight is 209 g/mol. The van der Waals surface area contributed by atoms with E-state index >= 15 is 0 Å². The fourth-order valence-corrected chi connectivity index (χ4v) is 1.51. The van der Waals surface area contributed by atoms with E-state index in [1.165, 1.54) is 0 Å². The van der Waals surface area contributed by atoms with Crippen molar-refractivity contribution in [3.05, 3.63) is 17.0 Å². The van der Waals surface area contributed by atoms with Gasteiger partial charge < -0.3 is 4.52 Å². The molecule has 84 valence electrons. The van der Waals surface area contributed by atoms with Crippen LogP contribution < -0.4 is 0 Å². The van der Waals surface area contributed by atoms with Crippen molar-refractivity contribution < 1.29 is 9.32 Å². The summed E-state index contributed by atoms with van der Waals surface area (Å²) in [5.41, 5.74) is 1.50. The first-order valence-electron chi connectivity index (χ1n) is 5.42. The molecular formula is C12H19NO2. The fraction of sp³-hybridized carbons (Fsp3) is 0.667. The highest BCUT2D eigenvalue weighted by Crippen LogP contribution is 2.20. The van der Waals surface area contributed by atoms with E-state index in [0.29, 0.717) is 11.6 Å². The highest BCUT2D eigenvalue weighted by atomic mass is 16.5. The van der Waals surface area contributed by atoms with Gasteiger partial charge in [-0.05, 0) is 19.3 Å². The molecule has 0 bridgehead atoms. The van der Waals surface area contributed by atoms with E-state index in [-0.39, 0.29) is 11.7 Å². The maximum absolute atomic E-state index is 11.8. The van der Waals surface area contributed by atoms with Crippen LogP contribution in [0.5, 0.6) is 0 Å². The number of hydrogen-bond donors (Lipinski definition) is 0. The molecule has 0 atom stereocenters. The van der Waals surface area contributed by atoms with E-state index in [9.17, 15) is 4.79 Å². The summed E-state index contributed by atoms with van der Waals surface area (Å²) in [6.45, 7) is 9.87. The number of rotatable bonds is 4. The van der Waals surface area contributed by atoms with Crippen LogP contribution in [0.4, 0.5) is 0 Å². The van der Waals surface area contributed by atoms with Gasteiger partial charge in [-0.25, -0.2) is 0 Å². The number of aryl methyl sites for hydroxylation is 1. The van der Waals surface area contributed by atoms with Crippen LogP contribution in [0.1, 0.15) is 49.5 Å². The molecule has 0 radical (unpaired) electrons. The van der Waals surface area contributed by atoms with Crippen molar-refractivity contribution in [3.63, 3.8) is 0 Å². The van der Waals surface area contributed by atoms with Gasteiger partial charge in [0.15, 0.2) is 11.5 Å². The summed E-state index contributed by atoms with van der Waals surface area (Å²) < 4.78 is 5.10. The molecular weight excluding hydrogens is 190 g/mol. The van der Waals surface area contributed by atoms with Crippen molar-refractivity contribution in [1.82, 2.24) is 5.16 Å². The van der Waals surface area contributed by atoms with Gasteiger partial charge in [-0.3, -0.25) is 4.79 Å². The molecule has 0 aromatic carbocycles. The zero-order valence-corrected chi connectivity index (χ0v) is 10.1. The van der Waals surface area contributed by atoms with Crippen LogP contribution >= 0.6 is 0 Å². The Bertz CT molecular complexity index is 351. The van der Waals surface area contributed by atoms with Crippen LogP contribution in [-0.4, -0.2) is 10.9 Å². The predicted octanol–water partition coefficient (Wildman–Crippen LogP) is 3.02. The van der Waals surface area contributed by atoms with Gasteiger partial charge in [0.05, 0.1) is 0 Å². The third-order valence-corrected chi connectivity index (χ3v) is 2.35. The summed E-state index contributed by atoms with van der Waals surface area (Å²) >= 11 is 0. The number of ketones is 1. The second kappa shape index (κ2) is 4.60. The number of carbonyl (C=O) groups excluding carboxylic acids is 1. The molecule has 1 aromatic rings. The summed E-state index contributed by atoms with van der Waals surface area (Å²) in [5.74, 6) is 1.32. The Labute approximate surface area is 90.8 Å². The van der Waals surface area contributed by atoms with Crippen molar-refractivity contribution in [2.45, 2.75) is 41.0 Å². The largest absolute Gasteiger partial charge is 0.361 e. The van der Waals surface area contributed by atoms with Crippen LogP contribution in [0.25, 0.3) is 0 Å². The Morgan fingerprint density at radius 3 is 2.40 bits per heavy atom. The summed E-state index contributed by atoms with van der Waals surface area (Å²) in [7, 11) is 0. The van der Waals surface area contributed by atoms with E-state index in [2.05, 4.69) is 19.0 Å². The van der Waals surface area contributed by atoms with Crippen molar-refractivity contribution in [3.8, 4) is 0 Å². The van der Waals surface area contributed by atoms with E-state index in [0.717, 1.165) is 17.7 Å². The smallest absolute Gasteiger partial charge is 0.187 e. The highest BCUT2D eigenvalue weighted by Gasteiger charge is 2.22. The lowest BCUT2D eigenvalue weighted by molar-refractivity contribution is 0.0929. The second-order valence-corrected chi connectivity index (χ2v) is 4.68. The van der Waals surface area contributed by atoms with Gasteiger partial charge in [0.1, 0.15) is 5.76 Å². The van der Waals surface area contributed by atoms with E-state index in [1.54, 1.807) is 0 Å². The molecule has 0 aliphatic rings. The molecule has 0 saturated carbocycles. The Kier molecular flexibility index (Phi) is 3.66. The minimum Gasteiger partial charge on any atom is -0.361 e. The first-order valence-corrected chi connectivity index (χ1v) is 5.42. The van der Waals surface area contributed by atoms with Crippen molar-refractivity contribution in [1.29, 1.82) is 0 Å². The highest BCUT2D eigenvalue weighted by molar-refractivity contribution is 5.97. The quantitative estimate of drug-likeness (QED) is 0.716. The maximum atomic E-state index is 11.8. The molecule has 1 aromatic heterocycles. The number of carbonyl (C=O) groups is 1. The summed E-state index contributed by atoms with van der Waals surface area (Å²) in [5, 5.41) is 3.87. The van der Waals surface area contributed by atoms with Gasteiger partial charge in [-0.15, -0.1) is 0 Å². The normalized spacial score (nSPS) is 11.4. The molecule has 0 aliphatic carbocycles. The summed E-state index contributed by atoms with van der Waals surface area (Å²) in [4.78, 5) is 11.8. The van der Waals surface area contributed by atoms with Crippen LogP contribution in [0.2, 0.25) is 0 Å². The van der Waals surface area contributed by atoms with Gasteiger partial charge in [-0.1, -0.05) is 32.9 Å². The zero-order valence-electron chi connectivity index (χ0n) is 10.1. The first-order chi connectivity index (χ1) is 6.93. The SMILES string of the molecule is Cc1onc(C(=O)C(C)C)c1CC(C)C. The number of hydrogen-bond acceptors (Lipinski definition) is 3.